The van der Waals surface area contributed by atoms with Gasteiger partial charge in [-0.15, -0.1) is 0 Å². The number of aliphatic hydroxyl groups excluding tert-OH is 2. The lowest BCUT2D eigenvalue weighted by atomic mass is 9.97. The van der Waals surface area contributed by atoms with Gasteiger partial charge in [-0.3, -0.25) is 4.90 Å². The third-order valence-electron chi connectivity index (χ3n) is 2.81. The third-order valence-corrected chi connectivity index (χ3v) is 2.81. The van der Waals surface area contributed by atoms with Gasteiger partial charge in [0.1, 0.15) is 0 Å². The van der Waals surface area contributed by atoms with Gasteiger partial charge >= 0.3 is 0 Å². The molecule has 0 spiro atoms. The number of hydrogen-bond acceptors (Lipinski definition) is 4. The molecule has 0 aliphatic carbocycles. The van der Waals surface area contributed by atoms with Crippen molar-refractivity contribution in [3.8, 4) is 0 Å². The Bertz CT molecular complexity index is 132. The first-order valence-electron chi connectivity index (χ1n) is 5.51. The van der Waals surface area contributed by atoms with Gasteiger partial charge in [-0.25, -0.2) is 0 Å². The van der Waals surface area contributed by atoms with Crippen LogP contribution in [0, 0.1) is 5.92 Å². The minimum atomic E-state index is 0.185. The molecule has 14 heavy (non-hydrogen) atoms. The minimum Gasteiger partial charge on any atom is -0.395 e. The molecule has 84 valence electrons. The van der Waals surface area contributed by atoms with E-state index in [1.54, 1.807) is 0 Å². The molecule has 0 aromatic heterocycles. The van der Waals surface area contributed by atoms with E-state index in [-0.39, 0.29) is 13.2 Å². The highest BCUT2D eigenvalue weighted by molar-refractivity contribution is 4.72. The fourth-order valence-corrected chi connectivity index (χ4v) is 2.01. The zero-order valence-corrected chi connectivity index (χ0v) is 8.78. The van der Waals surface area contributed by atoms with Gasteiger partial charge < -0.3 is 15.5 Å². The Morgan fingerprint density at radius 3 is 2.14 bits per heavy atom. The molecule has 1 saturated heterocycles. The van der Waals surface area contributed by atoms with Gasteiger partial charge in [-0.05, 0) is 31.8 Å². The lowest BCUT2D eigenvalue weighted by Gasteiger charge is -2.29. The smallest absolute Gasteiger partial charge is 0.0558 e. The Hall–Kier alpha value is -0.160. The van der Waals surface area contributed by atoms with Crippen molar-refractivity contribution in [2.75, 3.05) is 45.9 Å². The van der Waals surface area contributed by atoms with Gasteiger partial charge in [-0.2, -0.15) is 0 Å². The lowest BCUT2D eigenvalue weighted by molar-refractivity contribution is 0.136. The number of piperidine rings is 1. The van der Waals surface area contributed by atoms with Crippen molar-refractivity contribution >= 4 is 0 Å². The first-order valence-corrected chi connectivity index (χ1v) is 5.51. The molecule has 1 aliphatic rings. The second-order valence-electron chi connectivity index (χ2n) is 3.94. The third kappa shape index (κ3) is 4.37. The Morgan fingerprint density at radius 1 is 1.07 bits per heavy atom. The van der Waals surface area contributed by atoms with Gasteiger partial charge in [0.2, 0.25) is 0 Å². The number of nitrogens with one attached hydrogen (secondary N) is 1. The molecule has 0 bridgehead atoms. The fourth-order valence-electron chi connectivity index (χ4n) is 2.01. The van der Waals surface area contributed by atoms with E-state index < -0.39 is 0 Å². The van der Waals surface area contributed by atoms with Gasteiger partial charge in [0.25, 0.3) is 0 Å². The molecule has 1 heterocycles. The number of hydrogen-bond donors (Lipinski definition) is 3. The summed E-state index contributed by atoms with van der Waals surface area (Å²) in [6, 6.07) is 0. The zero-order chi connectivity index (χ0) is 10.2. The summed E-state index contributed by atoms with van der Waals surface area (Å²) < 4.78 is 0. The molecule has 1 fully saturated rings. The van der Waals surface area contributed by atoms with Crippen molar-refractivity contribution in [3.63, 3.8) is 0 Å². The second-order valence-corrected chi connectivity index (χ2v) is 3.94. The van der Waals surface area contributed by atoms with Crippen molar-refractivity contribution in [1.82, 2.24) is 10.2 Å². The van der Waals surface area contributed by atoms with E-state index in [2.05, 4.69) is 10.2 Å². The molecule has 4 nitrogen and oxygen atoms in total. The molecular formula is C10H22N2O2. The molecule has 1 aliphatic heterocycles. The molecule has 0 unspecified atom stereocenters. The Morgan fingerprint density at radius 2 is 1.64 bits per heavy atom. The summed E-state index contributed by atoms with van der Waals surface area (Å²) in [4.78, 5) is 2.15. The molecule has 0 amide bonds. The van der Waals surface area contributed by atoms with Gasteiger partial charge in [0.15, 0.2) is 0 Å². The lowest BCUT2D eigenvalue weighted by Crippen LogP contribution is -2.38. The van der Waals surface area contributed by atoms with Crippen LogP contribution in [0.2, 0.25) is 0 Å². The molecular weight excluding hydrogens is 180 g/mol. The van der Waals surface area contributed by atoms with Gasteiger partial charge in [-0.1, -0.05) is 0 Å². The molecule has 1 rings (SSSR count). The monoisotopic (exact) mass is 202 g/mol. The SMILES string of the molecule is OCCN(CCO)CC1CCNCC1. The normalized spacial score (nSPS) is 19.1. The number of aliphatic hydroxyl groups is 2. The van der Waals surface area contributed by atoms with Crippen LogP contribution in [0.1, 0.15) is 12.8 Å². The molecule has 0 saturated carbocycles. The van der Waals surface area contributed by atoms with Crippen LogP contribution in [0.4, 0.5) is 0 Å². The van der Waals surface area contributed by atoms with Crippen molar-refractivity contribution in [2.24, 2.45) is 5.92 Å². The molecule has 0 atom stereocenters. The maximum atomic E-state index is 8.86. The minimum absolute atomic E-state index is 0.185. The highest BCUT2D eigenvalue weighted by atomic mass is 16.3. The van der Waals surface area contributed by atoms with Crippen LogP contribution < -0.4 is 5.32 Å². The molecule has 0 aromatic rings. The Balaban J connectivity index is 2.21. The average molecular weight is 202 g/mol. The quantitative estimate of drug-likeness (QED) is 0.532. The number of rotatable bonds is 6. The van der Waals surface area contributed by atoms with E-state index in [4.69, 9.17) is 10.2 Å². The maximum absolute atomic E-state index is 8.86. The van der Waals surface area contributed by atoms with Crippen molar-refractivity contribution in [2.45, 2.75) is 12.8 Å². The summed E-state index contributed by atoms with van der Waals surface area (Å²) in [6.07, 6.45) is 2.43. The molecule has 0 aromatic carbocycles. The predicted octanol–water partition coefficient (Wildman–Crippen LogP) is -0.727. The summed E-state index contributed by atoms with van der Waals surface area (Å²) in [5.74, 6) is 0.731. The molecule has 0 radical (unpaired) electrons. The predicted molar refractivity (Wildman–Crippen MR) is 56.2 cm³/mol. The van der Waals surface area contributed by atoms with E-state index in [1.807, 2.05) is 0 Å². The van der Waals surface area contributed by atoms with Gasteiger partial charge in [0, 0.05) is 19.6 Å². The summed E-state index contributed by atoms with van der Waals surface area (Å²) in [7, 11) is 0. The van der Waals surface area contributed by atoms with E-state index >= 15 is 0 Å². The summed E-state index contributed by atoms with van der Waals surface area (Å²) in [5, 5.41) is 21.0. The van der Waals surface area contributed by atoms with E-state index in [0.717, 1.165) is 25.6 Å². The first kappa shape index (κ1) is 11.9. The van der Waals surface area contributed by atoms with E-state index in [9.17, 15) is 0 Å². The van der Waals surface area contributed by atoms with Crippen LogP contribution in [-0.2, 0) is 0 Å². The highest BCUT2D eigenvalue weighted by Gasteiger charge is 2.16. The molecule has 4 heteroatoms. The van der Waals surface area contributed by atoms with Crippen LogP contribution in [0.25, 0.3) is 0 Å². The van der Waals surface area contributed by atoms with Crippen LogP contribution in [0.5, 0.6) is 0 Å². The van der Waals surface area contributed by atoms with E-state index in [1.165, 1.54) is 12.8 Å². The van der Waals surface area contributed by atoms with Crippen LogP contribution in [0.3, 0.4) is 0 Å². The number of nitrogens with zero attached hydrogens (tertiary/aromatic N) is 1. The maximum Gasteiger partial charge on any atom is 0.0558 e. The zero-order valence-electron chi connectivity index (χ0n) is 8.78. The standard InChI is InChI=1S/C10H22N2O2/c13-7-5-12(6-8-14)9-10-1-3-11-4-2-10/h10-11,13-14H,1-9H2. The van der Waals surface area contributed by atoms with E-state index in [0.29, 0.717) is 13.1 Å². The van der Waals surface area contributed by atoms with Crippen molar-refractivity contribution in [3.05, 3.63) is 0 Å². The van der Waals surface area contributed by atoms with Gasteiger partial charge in [0.05, 0.1) is 13.2 Å². The summed E-state index contributed by atoms with van der Waals surface area (Å²) in [5.41, 5.74) is 0. The highest BCUT2D eigenvalue weighted by Crippen LogP contribution is 2.12. The van der Waals surface area contributed by atoms with Crippen molar-refractivity contribution < 1.29 is 10.2 Å². The Kier molecular flexibility index (Phi) is 6.10. The van der Waals surface area contributed by atoms with Crippen molar-refractivity contribution in [1.29, 1.82) is 0 Å². The van der Waals surface area contributed by atoms with Crippen LogP contribution >= 0.6 is 0 Å². The average Bonchev–Trinajstić information content (AvgIpc) is 2.20. The largest absolute Gasteiger partial charge is 0.395 e. The first-order chi connectivity index (χ1) is 6.86. The summed E-state index contributed by atoms with van der Waals surface area (Å²) >= 11 is 0. The fraction of sp³-hybridized carbons (Fsp3) is 1.00. The Labute approximate surface area is 85.9 Å². The summed E-state index contributed by atoms with van der Waals surface area (Å²) in [6.45, 7) is 4.97. The second kappa shape index (κ2) is 7.17. The van der Waals surface area contributed by atoms with Crippen LogP contribution in [0.15, 0.2) is 0 Å². The molecule has 3 N–H and O–H groups in total. The van der Waals surface area contributed by atoms with Crippen LogP contribution in [-0.4, -0.2) is 61.1 Å². The topological polar surface area (TPSA) is 55.7 Å².